The first-order chi connectivity index (χ1) is 9.19. The summed E-state index contributed by atoms with van der Waals surface area (Å²) in [7, 11) is 0.329. The number of nitrogens with two attached hydrogens (primary N) is 1. The Kier molecular flexibility index (Phi) is 4.96. The lowest BCUT2D eigenvalue weighted by molar-refractivity contribution is 0.0600. The lowest BCUT2D eigenvalue weighted by atomic mass is 10.2. The molecule has 0 unspecified atom stereocenters. The van der Waals surface area contributed by atoms with Crippen molar-refractivity contribution in [2.24, 2.45) is 4.40 Å². The van der Waals surface area contributed by atoms with Crippen LogP contribution in [0.15, 0.2) is 21.4 Å². The Morgan fingerprint density at radius 1 is 1.45 bits per heavy atom. The first-order valence-corrected chi connectivity index (χ1v) is 7.15. The number of halogens is 1. The summed E-state index contributed by atoms with van der Waals surface area (Å²) in [5.41, 5.74) is 5.53. The SMILES string of the molecule is COC(=O)c1cc(N)c(Cl)c(S(=O)(=O)N=CN(C)C)c1. The quantitative estimate of drug-likeness (QED) is 0.384. The minimum Gasteiger partial charge on any atom is -0.465 e. The van der Waals surface area contributed by atoms with Gasteiger partial charge in [-0.3, -0.25) is 0 Å². The molecule has 0 bridgehead atoms. The number of nitrogen functional groups attached to an aromatic ring is 1. The number of nitrogens with zero attached hydrogens (tertiary/aromatic N) is 2. The smallest absolute Gasteiger partial charge is 0.337 e. The predicted molar refractivity (Wildman–Crippen MR) is 76.6 cm³/mol. The maximum atomic E-state index is 12.1. The van der Waals surface area contributed by atoms with Gasteiger partial charge < -0.3 is 15.4 Å². The maximum Gasteiger partial charge on any atom is 0.337 e. The monoisotopic (exact) mass is 319 g/mol. The Bertz CT molecular complexity index is 656. The van der Waals surface area contributed by atoms with Crippen LogP contribution in [0.5, 0.6) is 0 Å². The Morgan fingerprint density at radius 2 is 2.05 bits per heavy atom. The van der Waals surface area contributed by atoms with Crippen LogP contribution in [0.1, 0.15) is 10.4 Å². The first-order valence-electron chi connectivity index (χ1n) is 5.33. The summed E-state index contributed by atoms with van der Waals surface area (Å²) in [6.07, 6.45) is 1.10. The number of methoxy groups -OCH3 is 1. The molecule has 0 fully saturated rings. The third-order valence-corrected chi connectivity index (χ3v) is 3.97. The Balaban J connectivity index is 3.44. The minimum atomic E-state index is -4.06. The molecule has 1 rings (SSSR count). The number of anilines is 1. The molecule has 0 saturated carbocycles. The highest BCUT2D eigenvalue weighted by molar-refractivity contribution is 7.90. The molecule has 0 radical (unpaired) electrons. The van der Waals surface area contributed by atoms with Crippen molar-refractivity contribution in [1.82, 2.24) is 4.90 Å². The van der Waals surface area contributed by atoms with E-state index in [9.17, 15) is 13.2 Å². The highest BCUT2D eigenvalue weighted by Gasteiger charge is 2.22. The van der Waals surface area contributed by atoms with E-state index >= 15 is 0 Å². The summed E-state index contributed by atoms with van der Waals surface area (Å²) in [6.45, 7) is 0. The van der Waals surface area contributed by atoms with Gasteiger partial charge in [0.05, 0.1) is 23.4 Å². The van der Waals surface area contributed by atoms with Crippen molar-refractivity contribution in [3.05, 3.63) is 22.7 Å². The van der Waals surface area contributed by atoms with Crippen LogP contribution in [0, 0.1) is 0 Å². The molecule has 0 aliphatic rings. The number of hydrogen-bond donors (Lipinski definition) is 1. The lowest BCUT2D eigenvalue weighted by Gasteiger charge is -2.09. The molecule has 0 aliphatic heterocycles. The molecule has 0 aromatic heterocycles. The number of sulfonamides is 1. The molecular weight excluding hydrogens is 306 g/mol. The van der Waals surface area contributed by atoms with Crippen LogP contribution < -0.4 is 5.73 Å². The van der Waals surface area contributed by atoms with Crippen molar-refractivity contribution in [3.63, 3.8) is 0 Å². The average molecular weight is 320 g/mol. The molecule has 0 aliphatic carbocycles. The number of hydrogen-bond acceptors (Lipinski definition) is 5. The summed E-state index contributed by atoms with van der Waals surface area (Å²) in [4.78, 5) is 12.6. The van der Waals surface area contributed by atoms with E-state index in [4.69, 9.17) is 17.3 Å². The van der Waals surface area contributed by atoms with Crippen LogP contribution >= 0.6 is 11.6 Å². The molecule has 9 heteroatoms. The average Bonchev–Trinajstić information content (AvgIpc) is 2.38. The molecule has 0 amide bonds. The second-order valence-corrected chi connectivity index (χ2v) is 6.01. The van der Waals surface area contributed by atoms with Gasteiger partial charge in [0.15, 0.2) is 0 Å². The summed E-state index contributed by atoms with van der Waals surface area (Å²) in [6, 6.07) is 2.32. The molecule has 7 nitrogen and oxygen atoms in total. The second kappa shape index (κ2) is 6.10. The number of rotatable bonds is 4. The standard InChI is InChI=1S/C11H14ClN3O4S/c1-15(2)6-14-20(17,18)9-5-7(11(16)19-3)4-8(13)10(9)12/h4-6H,13H2,1-3H3. The summed E-state index contributed by atoms with van der Waals surface area (Å²) < 4.78 is 32.1. The van der Waals surface area contributed by atoms with E-state index in [-0.39, 0.29) is 21.2 Å². The molecule has 1 aromatic rings. The van der Waals surface area contributed by atoms with Crippen LogP contribution in [0.4, 0.5) is 5.69 Å². The maximum absolute atomic E-state index is 12.1. The zero-order valence-electron chi connectivity index (χ0n) is 11.1. The summed E-state index contributed by atoms with van der Waals surface area (Å²) >= 11 is 5.87. The van der Waals surface area contributed by atoms with E-state index in [2.05, 4.69) is 9.13 Å². The third kappa shape index (κ3) is 3.61. The summed E-state index contributed by atoms with van der Waals surface area (Å²) in [5, 5.41) is -0.187. The molecule has 1 aromatic carbocycles. The summed E-state index contributed by atoms with van der Waals surface area (Å²) in [5.74, 6) is -0.721. The molecule has 0 atom stereocenters. The van der Waals surface area contributed by atoms with E-state index in [1.54, 1.807) is 14.1 Å². The highest BCUT2D eigenvalue weighted by Crippen LogP contribution is 2.30. The van der Waals surface area contributed by atoms with Gasteiger partial charge in [0.2, 0.25) is 0 Å². The zero-order chi connectivity index (χ0) is 15.5. The van der Waals surface area contributed by atoms with Crippen molar-refractivity contribution in [1.29, 1.82) is 0 Å². The van der Waals surface area contributed by atoms with E-state index < -0.39 is 16.0 Å². The van der Waals surface area contributed by atoms with Crippen LogP contribution in [-0.2, 0) is 14.8 Å². The molecule has 0 saturated heterocycles. The topological polar surface area (TPSA) is 102 Å². The molecule has 0 spiro atoms. The zero-order valence-corrected chi connectivity index (χ0v) is 12.7. The number of carbonyl (C=O) groups is 1. The van der Waals surface area contributed by atoms with Gasteiger partial charge in [-0.15, -0.1) is 4.40 Å². The van der Waals surface area contributed by atoms with Crippen molar-refractivity contribution in [2.45, 2.75) is 4.90 Å². The fraction of sp³-hybridized carbons (Fsp3) is 0.273. The molecule has 110 valence electrons. The van der Waals surface area contributed by atoms with Gasteiger partial charge in [-0.25, -0.2) is 4.79 Å². The van der Waals surface area contributed by atoms with E-state index in [0.717, 1.165) is 12.4 Å². The van der Waals surface area contributed by atoms with E-state index in [1.807, 2.05) is 0 Å². The van der Waals surface area contributed by atoms with Crippen LogP contribution in [-0.4, -0.2) is 46.8 Å². The normalized spacial score (nSPS) is 11.6. The van der Waals surface area contributed by atoms with E-state index in [1.165, 1.54) is 18.1 Å². The fourth-order valence-corrected chi connectivity index (χ4v) is 2.70. The van der Waals surface area contributed by atoms with Gasteiger partial charge in [0, 0.05) is 14.1 Å². The number of esters is 1. The largest absolute Gasteiger partial charge is 0.465 e. The van der Waals surface area contributed by atoms with E-state index in [0.29, 0.717) is 0 Å². The van der Waals surface area contributed by atoms with Crippen molar-refractivity contribution >= 4 is 39.6 Å². The first kappa shape index (κ1) is 16.3. The number of ether oxygens (including phenoxy) is 1. The molecular formula is C11H14ClN3O4S. The number of benzene rings is 1. The van der Waals surface area contributed by atoms with Crippen molar-refractivity contribution in [3.8, 4) is 0 Å². The van der Waals surface area contributed by atoms with Gasteiger partial charge in [0.1, 0.15) is 11.2 Å². The van der Waals surface area contributed by atoms with Gasteiger partial charge in [0.25, 0.3) is 10.0 Å². The third-order valence-electron chi connectivity index (χ3n) is 2.18. The molecule has 0 heterocycles. The second-order valence-electron chi connectivity index (χ2n) is 4.03. The van der Waals surface area contributed by atoms with Crippen LogP contribution in [0.2, 0.25) is 5.02 Å². The Labute approximate surface area is 122 Å². The highest BCUT2D eigenvalue weighted by atomic mass is 35.5. The lowest BCUT2D eigenvalue weighted by Crippen LogP contribution is -2.11. The Hall–Kier alpha value is -1.80. The van der Waals surface area contributed by atoms with Gasteiger partial charge >= 0.3 is 5.97 Å². The van der Waals surface area contributed by atoms with Crippen molar-refractivity contribution < 1.29 is 17.9 Å². The predicted octanol–water partition coefficient (Wildman–Crippen LogP) is 0.987. The van der Waals surface area contributed by atoms with Gasteiger partial charge in [-0.05, 0) is 12.1 Å². The van der Waals surface area contributed by atoms with Gasteiger partial charge in [-0.1, -0.05) is 11.6 Å². The minimum absolute atomic E-state index is 0.0203. The Morgan fingerprint density at radius 3 is 2.55 bits per heavy atom. The molecule has 2 N–H and O–H groups in total. The van der Waals surface area contributed by atoms with Crippen molar-refractivity contribution in [2.75, 3.05) is 26.9 Å². The molecule has 20 heavy (non-hydrogen) atoms. The number of carbonyl (C=O) groups excluding carboxylic acids is 1. The van der Waals surface area contributed by atoms with Gasteiger partial charge in [-0.2, -0.15) is 8.42 Å². The van der Waals surface area contributed by atoms with Crippen LogP contribution in [0.3, 0.4) is 0 Å². The van der Waals surface area contributed by atoms with Crippen LogP contribution in [0.25, 0.3) is 0 Å². The fourth-order valence-electron chi connectivity index (χ4n) is 1.26.